The molecule has 0 spiro atoms. The lowest BCUT2D eigenvalue weighted by molar-refractivity contribution is -0.138. The SMILES string of the molecule is FC(F)(F)c1cccc(Cl)c1Cc1c[nH]c2ccccc12. The number of alkyl halides is 3. The van der Waals surface area contributed by atoms with Gasteiger partial charge in [-0.05, 0) is 29.3 Å². The highest BCUT2D eigenvalue weighted by Crippen LogP contribution is 2.36. The van der Waals surface area contributed by atoms with Gasteiger partial charge in [-0.2, -0.15) is 13.2 Å². The molecule has 3 aromatic rings. The Kier molecular flexibility index (Phi) is 3.41. The van der Waals surface area contributed by atoms with Crippen LogP contribution in [0.1, 0.15) is 16.7 Å². The summed E-state index contributed by atoms with van der Waals surface area (Å²) in [6.07, 6.45) is -2.54. The van der Waals surface area contributed by atoms with E-state index in [4.69, 9.17) is 11.6 Å². The fraction of sp³-hybridized carbons (Fsp3) is 0.125. The Morgan fingerprint density at radius 2 is 1.76 bits per heavy atom. The maximum absolute atomic E-state index is 13.1. The molecule has 0 fully saturated rings. The van der Waals surface area contributed by atoms with Crippen molar-refractivity contribution in [2.75, 3.05) is 0 Å². The van der Waals surface area contributed by atoms with Gasteiger partial charge in [0, 0.05) is 28.5 Å². The molecule has 0 aliphatic carbocycles. The lowest BCUT2D eigenvalue weighted by atomic mass is 9.99. The highest BCUT2D eigenvalue weighted by atomic mass is 35.5. The molecule has 0 amide bonds. The summed E-state index contributed by atoms with van der Waals surface area (Å²) >= 11 is 5.99. The Morgan fingerprint density at radius 1 is 1.00 bits per heavy atom. The van der Waals surface area contributed by atoms with Crippen LogP contribution in [0.15, 0.2) is 48.7 Å². The van der Waals surface area contributed by atoms with Crippen LogP contribution in [0, 0.1) is 0 Å². The Morgan fingerprint density at radius 3 is 2.52 bits per heavy atom. The maximum Gasteiger partial charge on any atom is 0.416 e. The van der Waals surface area contributed by atoms with E-state index < -0.39 is 11.7 Å². The summed E-state index contributed by atoms with van der Waals surface area (Å²) in [4.78, 5) is 3.06. The Balaban J connectivity index is 2.10. The molecule has 1 N–H and O–H groups in total. The van der Waals surface area contributed by atoms with Crippen LogP contribution < -0.4 is 0 Å². The summed E-state index contributed by atoms with van der Waals surface area (Å²) in [7, 11) is 0. The molecule has 0 unspecified atom stereocenters. The van der Waals surface area contributed by atoms with Gasteiger partial charge >= 0.3 is 6.18 Å². The van der Waals surface area contributed by atoms with Gasteiger partial charge < -0.3 is 4.98 Å². The Hall–Kier alpha value is -1.94. The minimum atomic E-state index is -4.41. The third kappa shape index (κ3) is 2.63. The summed E-state index contributed by atoms with van der Waals surface area (Å²) in [6.45, 7) is 0. The number of hydrogen-bond acceptors (Lipinski definition) is 0. The van der Waals surface area contributed by atoms with Crippen molar-refractivity contribution in [3.8, 4) is 0 Å². The van der Waals surface area contributed by atoms with E-state index in [1.807, 2.05) is 24.3 Å². The molecule has 5 heteroatoms. The van der Waals surface area contributed by atoms with Crippen molar-refractivity contribution in [1.82, 2.24) is 4.98 Å². The number of benzene rings is 2. The molecule has 0 atom stereocenters. The molecule has 1 nitrogen and oxygen atoms in total. The number of H-pyrrole nitrogens is 1. The Labute approximate surface area is 124 Å². The number of hydrogen-bond donors (Lipinski definition) is 1. The van der Waals surface area contributed by atoms with Gasteiger partial charge in [0.1, 0.15) is 0 Å². The number of rotatable bonds is 2. The molecule has 0 radical (unpaired) electrons. The van der Waals surface area contributed by atoms with Crippen LogP contribution in [0.25, 0.3) is 10.9 Å². The monoisotopic (exact) mass is 309 g/mol. The molecule has 0 aliphatic rings. The normalized spacial score (nSPS) is 12.0. The van der Waals surface area contributed by atoms with E-state index in [-0.39, 0.29) is 17.0 Å². The van der Waals surface area contributed by atoms with E-state index in [1.54, 1.807) is 6.20 Å². The zero-order valence-corrected chi connectivity index (χ0v) is 11.6. The summed E-state index contributed by atoms with van der Waals surface area (Å²) in [5.41, 5.74) is 1.12. The molecule has 3 rings (SSSR count). The molecule has 0 saturated carbocycles. The van der Waals surface area contributed by atoms with E-state index in [0.717, 1.165) is 22.5 Å². The number of nitrogens with one attached hydrogen (secondary N) is 1. The van der Waals surface area contributed by atoms with Crippen molar-refractivity contribution in [3.63, 3.8) is 0 Å². The van der Waals surface area contributed by atoms with E-state index in [1.165, 1.54) is 12.1 Å². The number of aromatic nitrogens is 1. The minimum Gasteiger partial charge on any atom is -0.361 e. The summed E-state index contributed by atoms with van der Waals surface area (Å²) in [5, 5.41) is 1.04. The van der Waals surface area contributed by atoms with Gasteiger partial charge in [0.05, 0.1) is 5.56 Å². The number of para-hydroxylation sites is 1. The van der Waals surface area contributed by atoms with Crippen LogP contribution >= 0.6 is 11.6 Å². The van der Waals surface area contributed by atoms with Crippen LogP contribution in [0.2, 0.25) is 5.02 Å². The maximum atomic E-state index is 13.1. The van der Waals surface area contributed by atoms with Crippen molar-refractivity contribution in [2.45, 2.75) is 12.6 Å². The lowest BCUT2D eigenvalue weighted by Gasteiger charge is -2.14. The van der Waals surface area contributed by atoms with Crippen molar-refractivity contribution in [2.24, 2.45) is 0 Å². The first-order valence-electron chi connectivity index (χ1n) is 6.36. The van der Waals surface area contributed by atoms with Crippen molar-refractivity contribution in [1.29, 1.82) is 0 Å². The average Bonchev–Trinajstić information content (AvgIpc) is 2.83. The van der Waals surface area contributed by atoms with E-state index in [2.05, 4.69) is 4.98 Å². The summed E-state index contributed by atoms with van der Waals surface area (Å²) in [5.74, 6) is 0. The van der Waals surface area contributed by atoms with E-state index >= 15 is 0 Å². The quantitative estimate of drug-likeness (QED) is 0.649. The highest BCUT2D eigenvalue weighted by molar-refractivity contribution is 6.31. The third-order valence-corrected chi connectivity index (χ3v) is 3.82. The van der Waals surface area contributed by atoms with Gasteiger partial charge in [-0.15, -0.1) is 0 Å². The second kappa shape index (κ2) is 5.11. The van der Waals surface area contributed by atoms with E-state index in [0.29, 0.717) is 0 Å². The number of fused-ring (bicyclic) bond motifs is 1. The molecular weight excluding hydrogens is 299 g/mol. The second-order valence-electron chi connectivity index (χ2n) is 4.80. The molecule has 1 heterocycles. The van der Waals surface area contributed by atoms with Crippen molar-refractivity contribution >= 4 is 22.5 Å². The predicted octanol–water partition coefficient (Wildman–Crippen LogP) is 5.43. The van der Waals surface area contributed by atoms with Crippen LogP contribution in [0.5, 0.6) is 0 Å². The van der Waals surface area contributed by atoms with Gasteiger partial charge in [0.15, 0.2) is 0 Å². The number of halogens is 4. The molecule has 2 aromatic carbocycles. The first-order valence-corrected chi connectivity index (χ1v) is 6.74. The first-order chi connectivity index (χ1) is 9.97. The average molecular weight is 310 g/mol. The second-order valence-corrected chi connectivity index (χ2v) is 5.21. The zero-order chi connectivity index (χ0) is 15.0. The van der Waals surface area contributed by atoms with Crippen LogP contribution in [0.4, 0.5) is 13.2 Å². The van der Waals surface area contributed by atoms with Crippen LogP contribution in [-0.2, 0) is 12.6 Å². The van der Waals surface area contributed by atoms with Crippen LogP contribution in [-0.4, -0.2) is 4.98 Å². The predicted molar refractivity (Wildman–Crippen MR) is 77.6 cm³/mol. The molecule has 108 valence electrons. The Bertz CT molecular complexity index is 790. The summed E-state index contributed by atoms with van der Waals surface area (Å²) in [6, 6.07) is 11.4. The molecule has 0 aliphatic heterocycles. The molecule has 0 bridgehead atoms. The number of aromatic amines is 1. The minimum absolute atomic E-state index is 0.108. The van der Waals surface area contributed by atoms with Gasteiger partial charge in [-0.1, -0.05) is 35.9 Å². The van der Waals surface area contributed by atoms with Crippen molar-refractivity contribution in [3.05, 3.63) is 70.4 Å². The highest BCUT2D eigenvalue weighted by Gasteiger charge is 2.34. The van der Waals surface area contributed by atoms with Gasteiger partial charge in [0.2, 0.25) is 0 Å². The molecular formula is C16H11ClF3N. The zero-order valence-electron chi connectivity index (χ0n) is 10.8. The largest absolute Gasteiger partial charge is 0.416 e. The van der Waals surface area contributed by atoms with E-state index in [9.17, 15) is 13.2 Å². The van der Waals surface area contributed by atoms with Gasteiger partial charge in [0.25, 0.3) is 0 Å². The molecule has 21 heavy (non-hydrogen) atoms. The summed E-state index contributed by atoms with van der Waals surface area (Å²) < 4.78 is 39.3. The third-order valence-electron chi connectivity index (χ3n) is 3.47. The smallest absolute Gasteiger partial charge is 0.361 e. The fourth-order valence-corrected chi connectivity index (χ4v) is 2.71. The molecule has 0 saturated heterocycles. The fourth-order valence-electron chi connectivity index (χ4n) is 2.47. The van der Waals surface area contributed by atoms with Gasteiger partial charge in [-0.3, -0.25) is 0 Å². The lowest BCUT2D eigenvalue weighted by Crippen LogP contribution is -2.09. The van der Waals surface area contributed by atoms with Crippen LogP contribution in [0.3, 0.4) is 0 Å². The standard InChI is InChI=1S/C16H11ClF3N/c17-14-6-3-5-13(16(18,19)20)12(14)8-10-9-21-15-7-2-1-4-11(10)15/h1-7,9,21H,8H2. The first kappa shape index (κ1) is 14.0. The topological polar surface area (TPSA) is 15.8 Å². The van der Waals surface area contributed by atoms with Crippen molar-refractivity contribution < 1.29 is 13.2 Å². The van der Waals surface area contributed by atoms with Gasteiger partial charge in [-0.25, -0.2) is 0 Å². The molecule has 1 aromatic heterocycles.